The highest BCUT2D eigenvalue weighted by atomic mass is 32.2. The monoisotopic (exact) mass is 187 g/mol. The van der Waals surface area contributed by atoms with E-state index in [1.165, 1.54) is 0 Å². The molecule has 0 fully saturated rings. The highest BCUT2D eigenvalue weighted by Crippen LogP contribution is 2.07. The van der Waals surface area contributed by atoms with Crippen molar-refractivity contribution >= 4 is 17.7 Å². The van der Waals surface area contributed by atoms with E-state index in [1.54, 1.807) is 17.8 Å². The molecule has 12 heavy (non-hydrogen) atoms. The number of nitrogens with one attached hydrogen (secondary N) is 1. The van der Waals surface area contributed by atoms with Crippen LogP contribution in [0.4, 0.5) is 0 Å². The molecular weight excluding hydrogens is 170 g/mol. The first-order valence-corrected chi connectivity index (χ1v) is 5.21. The van der Waals surface area contributed by atoms with Crippen molar-refractivity contribution < 1.29 is 4.79 Å². The van der Waals surface area contributed by atoms with Crippen LogP contribution in [-0.4, -0.2) is 23.5 Å². The Morgan fingerprint density at radius 2 is 2.33 bits per heavy atom. The summed E-state index contributed by atoms with van der Waals surface area (Å²) in [5.74, 6) is 0.685. The lowest BCUT2D eigenvalue weighted by Gasteiger charge is -2.04. The van der Waals surface area contributed by atoms with Crippen LogP contribution in [0.5, 0.6) is 0 Å². The SMILES string of the molecule is C=CCCNC(=O)CSC(C)C. The van der Waals surface area contributed by atoms with E-state index < -0.39 is 0 Å². The molecule has 0 atom stereocenters. The zero-order valence-corrected chi connectivity index (χ0v) is 8.62. The van der Waals surface area contributed by atoms with Crippen molar-refractivity contribution in [3.8, 4) is 0 Å². The minimum Gasteiger partial charge on any atom is -0.355 e. The first-order chi connectivity index (χ1) is 5.66. The van der Waals surface area contributed by atoms with E-state index in [0.717, 1.165) is 6.42 Å². The summed E-state index contributed by atoms with van der Waals surface area (Å²) in [6.07, 6.45) is 2.65. The first-order valence-electron chi connectivity index (χ1n) is 4.16. The lowest BCUT2D eigenvalue weighted by molar-refractivity contribution is -0.118. The van der Waals surface area contributed by atoms with Gasteiger partial charge >= 0.3 is 0 Å². The van der Waals surface area contributed by atoms with Gasteiger partial charge in [-0.15, -0.1) is 18.3 Å². The average Bonchev–Trinajstić information content (AvgIpc) is 2.01. The predicted octanol–water partition coefficient (Wildman–Crippen LogP) is 1.82. The molecule has 0 aromatic heterocycles. The smallest absolute Gasteiger partial charge is 0.230 e. The van der Waals surface area contributed by atoms with Crippen LogP contribution in [0.1, 0.15) is 20.3 Å². The Morgan fingerprint density at radius 1 is 1.67 bits per heavy atom. The van der Waals surface area contributed by atoms with Gasteiger partial charge in [-0.1, -0.05) is 19.9 Å². The molecule has 0 aromatic carbocycles. The molecule has 1 amide bonds. The third-order valence-electron chi connectivity index (χ3n) is 1.22. The molecule has 70 valence electrons. The van der Waals surface area contributed by atoms with E-state index in [1.807, 2.05) is 0 Å². The zero-order valence-electron chi connectivity index (χ0n) is 7.80. The third-order valence-corrected chi connectivity index (χ3v) is 2.31. The highest BCUT2D eigenvalue weighted by Gasteiger charge is 2.01. The van der Waals surface area contributed by atoms with Gasteiger partial charge in [0.1, 0.15) is 0 Å². The molecular formula is C9H17NOS. The quantitative estimate of drug-likeness (QED) is 0.507. The summed E-state index contributed by atoms with van der Waals surface area (Å²) in [4.78, 5) is 11.1. The van der Waals surface area contributed by atoms with Crippen molar-refractivity contribution in [2.75, 3.05) is 12.3 Å². The van der Waals surface area contributed by atoms with Crippen LogP contribution in [0.15, 0.2) is 12.7 Å². The van der Waals surface area contributed by atoms with Gasteiger partial charge in [-0.3, -0.25) is 4.79 Å². The maximum Gasteiger partial charge on any atom is 0.230 e. The number of carbonyl (C=O) groups is 1. The van der Waals surface area contributed by atoms with Gasteiger partial charge in [-0.05, 0) is 11.7 Å². The molecule has 0 rings (SSSR count). The standard InChI is InChI=1S/C9H17NOS/c1-4-5-6-10-9(11)7-12-8(2)3/h4,8H,1,5-7H2,2-3H3,(H,10,11). The Kier molecular flexibility index (Phi) is 6.96. The fourth-order valence-corrected chi connectivity index (χ4v) is 1.19. The molecule has 1 N–H and O–H groups in total. The highest BCUT2D eigenvalue weighted by molar-refractivity contribution is 8.00. The van der Waals surface area contributed by atoms with Gasteiger partial charge in [0, 0.05) is 6.54 Å². The number of amides is 1. The second kappa shape index (κ2) is 7.22. The van der Waals surface area contributed by atoms with E-state index in [4.69, 9.17) is 0 Å². The normalized spacial score (nSPS) is 9.92. The van der Waals surface area contributed by atoms with Crippen LogP contribution in [0.3, 0.4) is 0 Å². The summed E-state index contributed by atoms with van der Waals surface area (Å²) < 4.78 is 0. The predicted molar refractivity (Wildman–Crippen MR) is 55.4 cm³/mol. The van der Waals surface area contributed by atoms with Crippen molar-refractivity contribution in [2.45, 2.75) is 25.5 Å². The molecule has 0 aliphatic carbocycles. The summed E-state index contributed by atoms with van der Waals surface area (Å²) in [5.41, 5.74) is 0. The molecule has 0 radical (unpaired) electrons. The third kappa shape index (κ3) is 7.66. The Hall–Kier alpha value is -0.440. The van der Waals surface area contributed by atoms with Crippen LogP contribution >= 0.6 is 11.8 Å². The number of hydrogen-bond acceptors (Lipinski definition) is 2. The number of hydrogen-bond donors (Lipinski definition) is 1. The van der Waals surface area contributed by atoms with E-state index in [2.05, 4.69) is 25.7 Å². The molecule has 0 spiro atoms. The molecule has 2 nitrogen and oxygen atoms in total. The van der Waals surface area contributed by atoms with E-state index >= 15 is 0 Å². The largest absolute Gasteiger partial charge is 0.355 e. The van der Waals surface area contributed by atoms with Gasteiger partial charge in [0.2, 0.25) is 5.91 Å². The van der Waals surface area contributed by atoms with Crippen molar-refractivity contribution in [3.05, 3.63) is 12.7 Å². The topological polar surface area (TPSA) is 29.1 Å². The fraction of sp³-hybridized carbons (Fsp3) is 0.667. The fourth-order valence-electron chi connectivity index (χ4n) is 0.607. The average molecular weight is 187 g/mol. The molecule has 0 aliphatic rings. The van der Waals surface area contributed by atoms with Crippen molar-refractivity contribution in [1.82, 2.24) is 5.32 Å². The van der Waals surface area contributed by atoms with Crippen molar-refractivity contribution in [1.29, 1.82) is 0 Å². The van der Waals surface area contributed by atoms with Gasteiger partial charge in [-0.25, -0.2) is 0 Å². The molecule has 0 saturated heterocycles. The zero-order chi connectivity index (χ0) is 9.40. The van der Waals surface area contributed by atoms with E-state index in [9.17, 15) is 4.79 Å². The molecule has 0 heterocycles. The van der Waals surface area contributed by atoms with Gasteiger partial charge < -0.3 is 5.32 Å². The molecule has 0 aromatic rings. The van der Waals surface area contributed by atoms with Crippen molar-refractivity contribution in [3.63, 3.8) is 0 Å². The van der Waals surface area contributed by atoms with Crippen LogP contribution < -0.4 is 5.32 Å². The molecule has 3 heteroatoms. The minimum atomic E-state index is 0.121. The maximum absolute atomic E-state index is 11.1. The summed E-state index contributed by atoms with van der Waals surface area (Å²) >= 11 is 1.66. The van der Waals surface area contributed by atoms with E-state index in [-0.39, 0.29) is 5.91 Å². The second-order valence-corrected chi connectivity index (χ2v) is 4.35. The minimum absolute atomic E-state index is 0.121. The van der Waals surface area contributed by atoms with Crippen LogP contribution in [0.2, 0.25) is 0 Å². The second-order valence-electron chi connectivity index (χ2n) is 2.79. The number of rotatable bonds is 6. The Labute approximate surface area is 78.8 Å². The Morgan fingerprint density at radius 3 is 2.83 bits per heavy atom. The summed E-state index contributed by atoms with van der Waals surface area (Å²) in [7, 11) is 0. The number of thioether (sulfide) groups is 1. The van der Waals surface area contributed by atoms with Crippen LogP contribution in [0, 0.1) is 0 Å². The summed E-state index contributed by atoms with van der Waals surface area (Å²) in [6.45, 7) is 8.45. The Bertz CT molecular complexity index is 145. The summed E-state index contributed by atoms with van der Waals surface area (Å²) in [6, 6.07) is 0. The summed E-state index contributed by atoms with van der Waals surface area (Å²) in [5, 5.41) is 3.33. The van der Waals surface area contributed by atoms with Gasteiger partial charge in [0.25, 0.3) is 0 Å². The van der Waals surface area contributed by atoms with E-state index in [0.29, 0.717) is 17.5 Å². The van der Waals surface area contributed by atoms with Gasteiger partial charge in [-0.2, -0.15) is 0 Å². The molecule has 0 bridgehead atoms. The van der Waals surface area contributed by atoms with Crippen LogP contribution in [0.25, 0.3) is 0 Å². The molecule has 0 saturated carbocycles. The number of carbonyl (C=O) groups excluding carboxylic acids is 1. The van der Waals surface area contributed by atoms with Gasteiger partial charge in [0.05, 0.1) is 5.75 Å². The lowest BCUT2D eigenvalue weighted by atomic mass is 10.4. The van der Waals surface area contributed by atoms with Gasteiger partial charge in [0.15, 0.2) is 0 Å². The molecule has 0 unspecified atom stereocenters. The molecule has 0 aliphatic heterocycles. The Balaban J connectivity index is 3.27. The maximum atomic E-state index is 11.1. The first kappa shape index (κ1) is 11.6. The lowest BCUT2D eigenvalue weighted by Crippen LogP contribution is -2.26. The van der Waals surface area contributed by atoms with Crippen LogP contribution in [-0.2, 0) is 4.79 Å². The van der Waals surface area contributed by atoms with Crippen molar-refractivity contribution in [2.24, 2.45) is 0 Å².